The molecule has 0 amide bonds. The molecule has 176 valence electrons. The summed E-state index contributed by atoms with van der Waals surface area (Å²) in [7, 11) is -3.85. The lowest BCUT2D eigenvalue weighted by molar-refractivity contribution is 0.580. The van der Waals surface area contributed by atoms with Crippen molar-refractivity contribution in [3.8, 4) is 16.9 Å². The van der Waals surface area contributed by atoms with E-state index in [2.05, 4.69) is 20.7 Å². The molecular weight excluding hydrogens is 581 g/mol. The monoisotopic (exact) mass is 597 g/mol. The minimum absolute atomic E-state index is 0.0154. The van der Waals surface area contributed by atoms with Crippen molar-refractivity contribution >= 4 is 60.8 Å². The van der Waals surface area contributed by atoms with Gasteiger partial charge in [0.2, 0.25) is 10.0 Å². The van der Waals surface area contributed by atoms with Crippen LogP contribution in [0.3, 0.4) is 0 Å². The summed E-state index contributed by atoms with van der Waals surface area (Å²) in [5, 5.41) is 5.87. The summed E-state index contributed by atoms with van der Waals surface area (Å²) < 4.78 is 31.1. The van der Waals surface area contributed by atoms with Gasteiger partial charge in [0.15, 0.2) is 0 Å². The average Bonchev–Trinajstić information content (AvgIpc) is 3.16. The number of rotatable bonds is 7. The fraction of sp³-hybridized carbons (Fsp3) is 0.125. The van der Waals surface area contributed by atoms with Crippen LogP contribution >= 0.6 is 50.7 Å². The minimum Gasteiger partial charge on any atom is -0.231 e. The summed E-state index contributed by atoms with van der Waals surface area (Å²) in [4.78, 5) is 0.0167. The zero-order chi connectivity index (χ0) is 24.5. The minimum atomic E-state index is -3.85. The van der Waals surface area contributed by atoms with Crippen molar-refractivity contribution in [2.45, 2.75) is 24.8 Å². The first-order valence-corrected chi connectivity index (χ1v) is 13.7. The molecule has 1 heterocycles. The molecule has 0 saturated heterocycles. The normalized spacial score (nSPS) is 11.7. The van der Waals surface area contributed by atoms with Gasteiger partial charge in [-0.2, -0.15) is 5.10 Å². The highest BCUT2D eigenvalue weighted by molar-refractivity contribution is 9.10. The molecule has 0 aliphatic heterocycles. The molecule has 1 N–H and O–H groups in total. The zero-order valence-electron chi connectivity index (χ0n) is 17.9. The number of aromatic nitrogens is 2. The van der Waals surface area contributed by atoms with Gasteiger partial charge in [-0.05, 0) is 48.9 Å². The van der Waals surface area contributed by atoms with Gasteiger partial charge < -0.3 is 0 Å². The lowest BCUT2D eigenvalue weighted by Gasteiger charge is -2.11. The van der Waals surface area contributed by atoms with Gasteiger partial charge in [0.05, 0.1) is 33.7 Å². The second-order valence-corrected chi connectivity index (χ2v) is 11.3. The molecule has 0 saturated carbocycles. The second-order valence-electron chi connectivity index (χ2n) is 7.40. The van der Waals surface area contributed by atoms with Crippen LogP contribution in [0, 0.1) is 0 Å². The molecular formula is C24H19BrCl3N3O2S. The maximum absolute atomic E-state index is 12.9. The number of hydrogen-bond acceptors (Lipinski definition) is 3. The molecule has 34 heavy (non-hydrogen) atoms. The Morgan fingerprint density at radius 3 is 2.32 bits per heavy atom. The fourth-order valence-electron chi connectivity index (χ4n) is 3.64. The Hall–Kier alpha value is -1.87. The molecule has 1 aromatic heterocycles. The number of halogens is 4. The van der Waals surface area contributed by atoms with Crippen LogP contribution in [0.1, 0.15) is 18.2 Å². The molecule has 4 rings (SSSR count). The van der Waals surface area contributed by atoms with E-state index in [0.29, 0.717) is 27.8 Å². The van der Waals surface area contributed by atoms with E-state index in [1.807, 2.05) is 31.2 Å². The number of sulfonamides is 1. The third-order valence-corrected chi connectivity index (χ3v) is 8.20. The van der Waals surface area contributed by atoms with Gasteiger partial charge in [-0.3, -0.25) is 0 Å². The summed E-state index contributed by atoms with van der Waals surface area (Å²) in [6.07, 6.45) is 0.625. The van der Waals surface area contributed by atoms with Crippen molar-refractivity contribution in [1.82, 2.24) is 14.5 Å². The highest BCUT2D eigenvalue weighted by Crippen LogP contribution is 2.34. The molecule has 0 bridgehead atoms. The highest BCUT2D eigenvalue weighted by atomic mass is 79.9. The summed E-state index contributed by atoms with van der Waals surface area (Å²) in [5.74, 6) is 0. The molecule has 4 aromatic rings. The van der Waals surface area contributed by atoms with Crippen molar-refractivity contribution in [3.05, 3.63) is 97.5 Å². The lowest BCUT2D eigenvalue weighted by atomic mass is 10.0. The Kier molecular flexibility index (Phi) is 7.72. The van der Waals surface area contributed by atoms with Gasteiger partial charge in [-0.1, -0.05) is 81.9 Å². The molecule has 0 radical (unpaired) electrons. The third kappa shape index (κ3) is 5.20. The van der Waals surface area contributed by atoms with Crippen molar-refractivity contribution < 1.29 is 8.42 Å². The van der Waals surface area contributed by atoms with Gasteiger partial charge in [-0.25, -0.2) is 17.8 Å². The van der Waals surface area contributed by atoms with E-state index in [9.17, 15) is 8.42 Å². The number of nitrogens with one attached hydrogen (secondary N) is 1. The maximum atomic E-state index is 12.9. The average molecular weight is 600 g/mol. The molecule has 0 unspecified atom stereocenters. The van der Waals surface area contributed by atoms with Crippen LogP contribution in [-0.4, -0.2) is 18.2 Å². The molecule has 0 fully saturated rings. The summed E-state index contributed by atoms with van der Waals surface area (Å²) in [6.45, 7) is 1.98. The summed E-state index contributed by atoms with van der Waals surface area (Å²) >= 11 is 22.2. The van der Waals surface area contributed by atoms with Crippen LogP contribution in [0.15, 0.2) is 76.1 Å². The van der Waals surface area contributed by atoms with Gasteiger partial charge in [-0.15, -0.1) is 0 Å². The van der Waals surface area contributed by atoms with E-state index in [4.69, 9.17) is 39.9 Å². The molecule has 0 atom stereocenters. The van der Waals surface area contributed by atoms with Crippen LogP contribution in [0.2, 0.25) is 15.1 Å². The molecule has 0 spiro atoms. The van der Waals surface area contributed by atoms with E-state index in [0.717, 1.165) is 21.3 Å². The largest absolute Gasteiger partial charge is 0.242 e. The zero-order valence-corrected chi connectivity index (χ0v) is 22.6. The van der Waals surface area contributed by atoms with E-state index < -0.39 is 10.0 Å². The third-order valence-electron chi connectivity index (χ3n) is 5.23. The van der Waals surface area contributed by atoms with Gasteiger partial charge in [0.1, 0.15) is 4.90 Å². The van der Waals surface area contributed by atoms with Crippen LogP contribution < -0.4 is 4.72 Å². The Bertz CT molecular complexity index is 1460. The van der Waals surface area contributed by atoms with Crippen LogP contribution in [0.4, 0.5) is 0 Å². The Balaban J connectivity index is 1.82. The number of nitrogens with zero attached hydrogens (tertiary/aromatic N) is 2. The van der Waals surface area contributed by atoms with Crippen molar-refractivity contribution in [2.24, 2.45) is 0 Å². The smallest absolute Gasteiger partial charge is 0.231 e. The highest BCUT2D eigenvalue weighted by Gasteiger charge is 2.23. The fourth-order valence-corrected chi connectivity index (χ4v) is 5.90. The maximum Gasteiger partial charge on any atom is 0.242 e. The first-order chi connectivity index (χ1) is 16.2. The Labute approximate surface area is 221 Å². The molecule has 5 nitrogen and oxygen atoms in total. The number of benzene rings is 3. The molecule has 0 aliphatic rings. The van der Waals surface area contributed by atoms with Crippen molar-refractivity contribution in [2.75, 3.05) is 0 Å². The lowest BCUT2D eigenvalue weighted by Crippen LogP contribution is -2.24. The standard InChI is InChI=1S/C24H19BrCl3N3O2S/c1-2-18-21(14-29-34(32,33)23-6-4-3-5-19(23)27)30-31(22-12-11-17(26)13-20(22)28)24(18)15-7-9-16(25)10-8-15/h3-13,29H,2,14H2,1H3. The van der Waals surface area contributed by atoms with Gasteiger partial charge in [0.25, 0.3) is 0 Å². The predicted molar refractivity (Wildman–Crippen MR) is 142 cm³/mol. The topological polar surface area (TPSA) is 64.0 Å². The molecule has 0 aliphatic carbocycles. The SMILES string of the molecule is CCc1c(CNS(=O)(=O)c2ccccc2Cl)nn(-c2ccc(Cl)cc2Cl)c1-c1ccc(Br)cc1. The van der Waals surface area contributed by atoms with E-state index >= 15 is 0 Å². The Morgan fingerprint density at radius 1 is 0.971 bits per heavy atom. The predicted octanol–water partition coefficient (Wildman–Crippen LogP) is 7.30. The van der Waals surface area contributed by atoms with Gasteiger partial charge in [0, 0.05) is 20.6 Å². The van der Waals surface area contributed by atoms with Crippen molar-refractivity contribution in [1.29, 1.82) is 0 Å². The quantitative estimate of drug-likeness (QED) is 0.242. The Morgan fingerprint density at radius 2 is 1.68 bits per heavy atom. The van der Waals surface area contributed by atoms with Crippen LogP contribution in [0.25, 0.3) is 16.9 Å². The van der Waals surface area contributed by atoms with Crippen molar-refractivity contribution in [3.63, 3.8) is 0 Å². The van der Waals surface area contributed by atoms with Gasteiger partial charge >= 0.3 is 0 Å². The first-order valence-electron chi connectivity index (χ1n) is 10.3. The second kappa shape index (κ2) is 10.4. The van der Waals surface area contributed by atoms with Crippen LogP contribution in [-0.2, 0) is 23.0 Å². The molecule has 10 heteroatoms. The van der Waals surface area contributed by atoms with E-state index in [1.54, 1.807) is 35.0 Å². The molecule has 3 aromatic carbocycles. The summed E-state index contributed by atoms with van der Waals surface area (Å²) in [6, 6.07) is 19.3. The van der Waals surface area contributed by atoms with E-state index in [-0.39, 0.29) is 16.5 Å². The van der Waals surface area contributed by atoms with E-state index in [1.165, 1.54) is 12.1 Å². The summed E-state index contributed by atoms with van der Waals surface area (Å²) in [5.41, 5.74) is 3.86. The van der Waals surface area contributed by atoms with Crippen LogP contribution in [0.5, 0.6) is 0 Å². The first kappa shape index (κ1) is 25.2. The number of hydrogen-bond donors (Lipinski definition) is 1.